The Morgan fingerprint density at radius 3 is 2.63 bits per heavy atom. The lowest BCUT2D eigenvalue weighted by Crippen LogP contribution is -2.30. The monoisotopic (exact) mass is 409 g/mol. The number of amides is 1. The Morgan fingerprint density at radius 2 is 2.00 bits per heavy atom. The van der Waals surface area contributed by atoms with Crippen LogP contribution in [0.1, 0.15) is 29.4 Å². The molecule has 0 saturated carbocycles. The molecule has 0 spiro atoms. The maximum absolute atomic E-state index is 12.5. The molecule has 1 atom stereocenters. The van der Waals surface area contributed by atoms with E-state index >= 15 is 0 Å². The van der Waals surface area contributed by atoms with Crippen LogP contribution in [0.15, 0.2) is 35.9 Å². The molecule has 7 nitrogen and oxygen atoms in total. The maximum Gasteiger partial charge on any atom is 0.349 e. The third-order valence-electron chi connectivity index (χ3n) is 4.71. The summed E-state index contributed by atoms with van der Waals surface area (Å²) in [4.78, 5) is 24.8. The van der Waals surface area contributed by atoms with Gasteiger partial charge >= 0.3 is 5.97 Å². The summed E-state index contributed by atoms with van der Waals surface area (Å²) in [5.41, 5.74) is 4.09. The maximum atomic E-state index is 12.5. The molecular weight excluding hydrogens is 382 g/mol. The number of methoxy groups -OCH3 is 1. The zero-order valence-corrected chi connectivity index (χ0v) is 18.0. The second kappa shape index (κ2) is 10.4. The second-order valence-electron chi connectivity index (χ2n) is 7.05. The predicted octanol–water partition coefficient (Wildman–Crippen LogP) is 3.54. The third kappa shape index (κ3) is 5.82. The quantitative estimate of drug-likeness (QED) is 0.409. The Morgan fingerprint density at radius 1 is 1.27 bits per heavy atom. The number of aryl methyl sites for hydroxylation is 2. The summed E-state index contributed by atoms with van der Waals surface area (Å²) in [6, 6.07) is 11.1. The molecule has 1 heterocycles. The summed E-state index contributed by atoms with van der Waals surface area (Å²) < 4.78 is 12.4. The predicted molar refractivity (Wildman–Crippen MR) is 115 cm³/mol. The lowest BCUT2D eigenvalue weighted by molar-refractivity contribution is -0.148. The van der Waals surface area contributed by atoms with E-state index < -0.39 is 18.0 Å². The topological polar surface area (TPSA) is 93.3 Å². The van der Waals surface area contributed by atoms with Crippen molar-refractivity contribution in [3.05, 3.63) is 58.4 Å². The zero-order chi connectivity index (χ0) is 22.3. The van der Waals surface area contributed by atoms with Crippen LogP contribution in [0.4, 0.5) is 5.69 Å². The van der Waals surface area contributed by atoms with Crippen molar-refractivity contribution >= 4 is 23.6 Å². The van der Waals surface area contributed by atoms with Crippen LogP contribution in [0.2, 0.25) is 0 Å². The van der Waals surface area contributed by atoms with E-state index in [1.54, 1.807) is 13.2 Å². The number of anilines is 1. The first kappa shape index (κ1) is 22.9. The molecule has 1 unspecified atom stereocenters. The molecular formula is C23H27N3O4. The van der Waals surface area contributed by atoms with Crippen LogP contribution in [-0.4, -0.2) is 36.3 Å². The Balaban J connectivity index is 2.10. The fourth-order valence-corrected chi connectivity index (χ4v) is 3.04. The van der Waals surface area contributed by atoms with Gasteiger partial charge in [0.15, 0.2) is 6.10 Å². The number of esters is 1. The van der Waals surface area contributed by atoms with Crippen LogP contribution in [0.3, 0.4) is 0 Å². The van der Waals surface area contributed by atoms with Gasteiger partial charge in [-0.2, -0.15) is 5.26 Å². The highest BCUT2D eigenvalue weighted by atomic mass is 16.5. The lowest BCUT2D eigenvalue weighted by atomic mass is 10.1. The van der Waals surface area contributed by atoms with E-state index in [0.717, 1.165) is 22.5 Å². The number of benzene rings is 1. The van der Waals surface area contributed by atoms with Gasteiger partial charge in [-0.1, -0.05) is 12.1 Å². The lowest BCUT2D eigenvalue weighted by Gasteiger charge is -2.13. The highest BCUT2D eigenvalue weighted by molar-refractivity contribution is 6.01. The molecule has 1 aromatic carbocycles. The van der Waals surface area contributed by atoms with Gasteiger partial charge in [-0.15, -0.1) is 0 Å². The molecule has 0 saturated heterocycles. The Kier molecular flexibility index (Phi) is 7.96. The van der Waals surface area contributed by atoms with Crippen LogP contribution in [0.25, 0.3) is 6.08 Å². The number of nitrogens with zero attached hydrogens (tertiary/aromatic N) is 2. The number of rotatable bonds is 8. The molecule has 1 aromatic heterocycles. The number of nitrogens with one attached hydrogen (secondary N) is 1. The van der Waals surface area contributed by atoms with E-state index in [2.05, 4.69) is 5.32 Å². The van der Waals surface area contributed by atoms with Gasteiger partial charge in [0.25, 0.3) is 5.91 Å². The number of nitriles is 1. The average molecular weight is 409 g/mol. The summed E-state index contributed by atoms with van der Waals surface area (Å²) in [6.45, 7) is 8.46. The molecule has 0 aliphatic heterocycles. The minimum absolute atomic E-state index is 0.169. The fraction of sp³-hybridized carbons (Fsp3) is 0.348. The van der Waals surface area contributed by atoms with Crippen molar-refractivity contribution < 1.29 is 19.1 Å². The second-order valence-corrected chi connectivity index (χ2v) is 7.05. The molecule has 0 aliphatic rings. The van der Waals surface area contributed by atoms with Crippen LogP contribution >= 0.6 is 0 Å². The van der Waals surface area contributed by atoms with E-state index in [1.165, 1.54) is 13.0 Å². The minimum Gasteiger partial charge on any atom is -0.448 e. The van der Waals surface area contributed by atoms with Crippen molar-refractivity contribution in [2.75, 3.05) is 19.0 Å². The minimum atomic E-state index is -1.05. The van der Waals surface area contributed by atoms with Crippen molar-refractivity contribution in [1.82, 2.24) is 4.57 Å². The van der Waals surface area contributed by atoms with Crippen molar-refractivity contribution in [2.45, 2.75) is 40.3 Å². The molecule has 0 radical (unpaired) electrons. The Bertz CT molecular complexity index is 998. The summed E-state index contributed by atoms with van der Waals surface area (Å²) in [5.74, 6) is -1.31. The van der Waals surface area contributed by atoms with Gasteiger partial charge in [0.05, 0.1) is 6.61 Å². The van der Waals surface area contributed by atoms with Crippen molar-refractivity contribution in [1.29, 1.82) is 5.26 Å². The van der Waals surface area contributed by atoms with Gasteiger partial charge < -0.3 is 19.4 Å². The van der Waals surface area contributed by atoms with Crippen LogP contribution in [0, 0.1) is 32.1 Å². The number of hydrogen-bond acceptors (Lipinski definition) is 5. The van der Waals surface area contributed by atoms with Crippen LogP contribution in [0.5, 0.6) is 0 Å². The highest BCUT2D eigenvalue weighted by Gasteiger charge is 2.21. The summed E-state index contributed by atoms with van der Waals surface area (Å²) in [6.07, 6.45) is 0.433. The summed E-state index contributed by atoms with van der Waals surface area (Å²) in [5, 5.41) is 12.1. The highest BCUT2D eigenvalue weighted by Crippen LogP contribution is 2.19. The molecule has 0 fully saturated rings. The number of ether oxygens (including phenoxy) is 2. The fourth-order valence-electron chi connectivity index (χ4n) is 3.04. The van der Waals surface area contributed by atoms with Crippen molar-refractivity contribution in [2.24, 2.45) is 0 Å². The Labute approximate surface area is 176 Å². The van der Waals surface area contributed by atoms with Gasteiger partial charge in [-0.3, -0.25) is 4.79 Å². The van der Waals surface area contributed by atoms with E-state index in [1.807, 2.05) is 55.7 Å². The van der Waals surface area contributed by atoms with Crippen molar-refractivity contribution in [3.8, 4) is 6.07 Å². The SMILES string of the molecule is COCCn1c(C)cc(/C=C(\C#N)C(=O)OC(C)C(=O)Nc2cccc(C)c2)c1C. The summed E-state index contributed by atoms with van der Waals surface area (Å²) >= 11 is 0. The molecule has 30 heavy (non-hydrogen) atoms. The number of hydrogen-bond donors (Lipinski definition) is 1. The van der Waals surface area contributed by atoms with Gasteiger partial charge in [-0.05, 0) is 63.1 Å². The molecule has 158 valence electrons. The third-order valence-corrected chi connectivity index (χ3v) is 4.71. The largest absolute Gasteiger partial charge is 0.448 e. The first-order chi connectivity index (χ1) is 14.3. The molecule has 1 amide bonds. The van der Waals surface area contributed by atoms with E-state index in [9.17, 15) is 14.9 Å². The number of carbonyl (C=O) groups is 2. The molecule has 0 bridgehead atoms. The normalized spacial score (nSPS) is 12.2. The van der Waals surface area contributed by atoms with Gasteiger partial charge in [0, 0.05) is 30.7 Å². The first-order valence-electron chi connectivity index (χ1n) is 9.62. The van der Waals surface area contributed by atoms with Crippen LogP contribution in [-0.2, 0) is 25.6 Å². The zero-order valence-electron chi connectivity index (χ0n) is 18.0. The van der Waals surface area contributed by atoms with Gasteiger partial charge in [0.2, 0.25) is 0 Å². The van der Waals surface area contributed by atoms with Crippen molar-refractivity contribution in [3.63, 3.8) is 0 Å². The van der Waals surface area contributed by atoms with Gasteiger partial charge in [0.1, 0.15) is 11.6 Å². The molecule has 2 aromatic rings. The molecule has 1 N–H and O–H groups in total. The number of aromatic nitrogens is 1. The molecule has 0 aliphatic carbocycles. The Hall–Kier alpha value is -3.37. The van der Waals surface area contributed by atoms with Crippen LogP contribution < -0.4 is 5.32 Å². The van der Waals surface area contributed by atoms with E-state index in [-0.39, 0.29) is 5.57 Å². The smallest absolute Gasteiger partial charge is 0.349 e. The van der Waals surface area contributed by atoms with Gasteiger partial charge in [-0.25, -0.2) is 4.79 Å². The van der Waals surface area contributed by atoms with E-state index in [0.29, 0.717) is 18.8 Å². The molecule has 7 heteroatoms. The average Bonchev–Trinajstić information content (AvgIpc) is 2.96. The summed E-state index contributed by atoms with van der Waals surface area (Å²) in [7, 11) is 1.63. The first-order valence-corrected chi connectivity index (χ1v) is 9.62. The standard InChI is InChI=1S/C23H27N3O4/c1-15-7-6-8-21(11-15)25-22(27)18(4)30-23(28)20(14-24)13-19-12-16(2)26(17(19)3)9-10-29-5/h6-8,11-13,18H,9-10H2,1-5H3,(H,25,27)/b20-13+. The molecule has 2 rings (SSSR count). The number of carbonyl (C=O) groups excluding carboxylic acids is 2. The van der Waals surface area contributed by atoms with E-state index in [4.69, 9.17) is 9.47 Å².